The number of benzene rings is 1. The third kappa shape index (κ3) is 2.93. The van der Waals surface area contributed by atoms with Crippen molar-refractivity contribution in [1.29, 1.82) is 0 Å². The van der Waals surface area contributed by atoms with E-state index in [0.29, 0.717) is 5.56 Å². The molecule has 18 heavy (non-hydrogen) atoms. The second-order valence-electron chi connectivity index (χ2n) is 4.71. The summed E-state index contributed by atoms with van der Waals surface area (Å²) in [7, 11) is 0. The molecule has 0 spiro atoms. The summed E-state index contributed by atoms with van der Waals surface area (Å²) in [6, 6.07) is 5.81. The number of nitrogens with zero attached hydrogens (tertiary/aromatic N) is 1. The molecule has 0 aliphatic carbocycles. The summed E-state index contributed by atoms with van der Waals surface area (Å²) in [6.07, 6.45) is 5.42. The SMILES string of the molecule is O=Cc1ccc(N2CCCCCC2CO)c(Br)c1. The molecule has 0 radical (unpaired) electrons. The van der Waals surface area contributed by atoms with E-state index in [9.17, 15) is 9.90 Å². The molecule has 4 heteroatoms. The van der Waals surface area contributed by atoms with Crippen LogP contribution < -0.4 is 4.90 Å². The highest BCUT2D eigenvalue weighted by molar-refractivity contribution is 9.10. The smallest absolute Gasteiger partial charge is 0.150 e. The first-order valence-corrected chi connectivity index (χ1v) is 7.18. The van der Waals surface area contributed by atoms with Crippen molar-refractivity contribution in [3.05, 3.63) is 28.2 Å². The lowest BCUT2D eigenvalue weighted by atomic mass is 10.1. The number of hydrogen-bond acceptors (Lipinski definition) is 3. The summed E-state index contributed by atoms with van der Waals surface area (Å²) < 4.78 is 0.924. The second-order valence-corrected chi connectivity index (χ2v) is 5.56. The van der Waals surface area contributed by atoms with Crippen molar-refractivity contribution in [1.82, 2.24) is 0 Å². The van der Waals surface area contributed by atoms with Crippen molar-refractivity contribution in [3.63, 3.8) is 0 Å². The molecule has 1 fully saturated rings. The lowest BCUT2D eigenvalue weighted by Crippen LogP contribution is -2.37. The Morgan fingerprint density at radius 3 is 2.89 bits per heavy atom. The van der Waals surface area contributed by atoms with E-state index in [1.807, 2.05) is 18.2 Å². The van der Waals surface area contributed by atoms with Gasteiger partial charge in [0.1, 0.15) is 6.29 Å². The Labute approximate surface area is 116 Å². The number of carbonyl (C=O) groups is 1. The van der Waals surface area contributed by atoms with Gasteiger partial charge in [0, 0.05) is 16.6 Å². The lowest BCUT2D eigenvalue weighted by Gasteiger charge is -2.31. The minimum absolute atomic E-state index is 0.182. The van der Waals surface area contributed by atoms with E-state index in [0.717, 1.165) is 35.8 Å². The van der Waals surface area contributed by atoms with E-state index < -0.39 is 0 Å². The number of hydrogen-bond donors (Lipinski definition) is 1. The first-order valence-electron chi connectivity index (χ1n) is 6.38. The standard InChI is InChI=1S/C14H18BrNO2/c15-13-8-11(9-17)5-6-14(13)16-7-3-1-2-4-12(16)10-18/h5-6,8-9,12,18H,1-4,7,10H2. The van der Waals surface area contributed by atoms with Crippen LogP contribution in [0.1, 0.15) is 36.0 Å². The fourth-order valence-electron chi connectivity index (χ4n) is 2.51. The predicted molar refractivity (Wildman–Crippen MR) is 76.2 cm³/mol. The normalized spacial score (nSPS) is 20.6. The van der Waals surface area contributed by atoms with Crippen molar-refractivity contribution in [2.45, 2.75) is 31.7 Å². The molecule has 98 valence electrons. The van der Waals surface area contributed by atoms with Crippen molar-refractivity contribution in [2.24, 2.45) is 0 Å². The third-order valence-electron chi connectivity index (χ3n) is 3.51. The van der Waals surface area contributed by atoms with Crippen molar-refractivity contribution >= 4 is 27.9 Å². The predicted octanol–water partition coefficient (Wildman–Crippen LogP) is 3.00. The average Bonchev–Trinajstić information content (AvgIpc) is 2.63. The summed E-state index contributed by atoms with van der Waals surface area (Å²) in [5, 5.41) is 9.53. The van der Waals surface area contributed by atoms with Gasteiger partial charge in [0.05, 0.1) is 18.3 Å². The van der Waals surface area contributed by atoms with Gasteiger partial charge in [-0.25, -0.2) is 0 Å². The quantitative estimate of drug-likeness (QED) is 0.872. The molecule has 0 aromatic heterocycles. The van der Waals surface area contributed by atoms with Crippen LogP contribution >= 0.6 is 15.9 Å². The number of halogens is 1. The van der Waals surface area contributed by atoms with E-state index in [4.69, 9.17) is 0 Å². The van der Waals surface area contributed by atoms with E-state index in [1.165, 1.54) is 12.8 Å². The van der Waals surface area contributed by atoms with Crippen LogP contribution in [0.3, 0.4) is 0 Å². The van der Waals surface area contributed by atoms with Crippen LogP contribution in [-0.2, 0) is 0 Å². The van der Waals surface area contributed by atoms with E-state index >= 15 is 0 Å². The highest BCUT2D eigenvalue weighted by Gasteiger charge is 2.22. The van der Waals surface area contributed by atoms with Gasteiger partial charge in [-0.15, -0.1) is 0 Å². The molecule has 3 nitrogen and oxygen atoms in total. The number of aliphatic hydroxyl groups excluding tert-OH is 1. The van der Waals surface area contributed by atoms with Gasteiger partial charge < -0.3 is 10.0 Å². The van der Waals surface area contributed by atoms with Crippen LogP contribution in [-0.4, -0.2) is 30.6 Å². The molecule has 0 amide bonds. The number of carbonyl (C=O) groups excluding carboxylic acids is 1. The first-order chi connectivity index (χ1) is 8.76. The largest absolute Gasteiger partial charge is 0.394 e. The molecule has 1 unspecified atom stereocenters. The fourth-order valence-corrected chi connectivity index (χ4v) is 3.14. The first kappa shape index (κ1) is 13.6. The molecule has 2 rings (SSSR count). The molecule has 1 saturated heterocycles. The van der Waals surface area contributed by atoms with Crippen LogP contribution in [0, 0.1) is 0 Å². The zero-order chi connectivity index (χ0) is 13.0. The zero-order valence-electron chi connectivity index (χ0n) is 10.3. The van der Waals surface area contributed by atoms with Gasteiger partial charge in [0.25, 0.3) is 0 Å². The highest BCUT2D eigenvalue weighted by atomic mass is 79.9. The Morgan fingerprint density at radius 1 is 1.39 bits per heavy atom. The van der Waals surface area contributed by atoms with Crippen molar-refractivity contribution < 1.29 is 9.90 Å². The minimum atomic E-state index is 0.182. The molecular formula is C14H18BrNO2. The molecular weight excluding hydrogens is 294 g/mol. The van der Waals surface area contributed by atoms with Gasteiger partial charge >= 0.3 is 0 Å². The summed E-state index contributed by atoms with van der Waals surface area (Å²) in [6.45, 7) is 1.14. The second kappa shape index (κ2) is 6.34. The monoisotopic (exact) mass is 311 g/mol. The Hall–Kier alpha value is -0.870. The van der Waals surface area contributed by atoms with Crippen LogP contribution in [0.5, 0.6) is 0 Å². The maximum absolute atomic E-state index is 10.7. The number of aliphatic hydroxyl groups is 1. The molecule has 1 heterocycles. The summed E-state index contributed by atoms with van der Waals surface area (Å²) >= 11 is 3.52. The Bertz CT molecular complexity index is 422. The summed E-state index contributed by atoms with van der Waals surface area (Å²) in [4.78, 5) is 13.0. The molecule has 1 aromatic rings. The molecule has 1 aliphatic heterocycles. The Balaban J connectivity index is 2.29. The lowest BCUT2D eigenvalue weighted by molar-refractivity contribution is 0.112. The van der Waals surface area contributed by atoms with E-state index in [1.54, 1.807) is 0 Å². The number of anilines is 1. The van der Waals surface area contributed by atoms with Crippen molar-refractivity contribution in [3.8, 4) is 0 Å². The van der Waals surface area contributed by atoms with Gasteiger partial charge in [0.15, 0.2) is 0 Å². The van der Waals surface area contributed by atoms with Crippen LogP contribution in [0.2, 0.25) is 0 Å². The molecule has 0 saturated carbocycles. The van der Waals surface area contributed by atoms with Crippen LogP contribution in [0.15, 0.2) is 22.7 Å². The maximum Gasteiger partial charge on any atom is 0.150 e. The van der Waals surface area contributed by atoms with Gasteiger partial charge in [0.2, 0.25) is 0 Å². The maximum atomic E-state index is 10.7. The molecule has 1 aromatic carbocycles. The average molecular weight is 312 g/mol. The Morgan fingerprint density at radius 2 is 2.22 bits per heavy atom. The van der Waals surface area contributed by atoms with Crippen LogP contribution in [0.25, 0.3) is 0 Å². The van der Waals surface area contributed by atoms with Gasteiger partial charge in [-0.2, -0.15) is 0 Å². The Kier molecular flexibility index (Phi) is 4.78. The van der Waals surface area contributed by atoms with Gasteiger partial charge in [-0.1, -0.05) is 12.8 Å². The topological polar surface area (TPSA) is 40.5 Å². The van der Waals surface area contributed by atoms with E-state index in [2.05, 4.69) is 20.8 Å². The van der Waals surface area contributed by atoms with Crippen LogP contribution in [0.4, 0.5) is 5.69 Å². The molecule has 1 aliphatic rings. The molecule has 0 bridgehead atoms. The zero-order valence-corrected chi connectivity index (χ0v) is 11.9. The van der Waals surface area contributed by atoms with Gasteiger partial charge in [-0.05, 0) is 47.0 Å². The summed E-state index contributed by atoms with van der Waals surface area (Å²) in [5.41, 5.74) is 1.74. The number of aldehydes is 1. The highest BCUT2D eigenvalue weighted by Crippen LogP contribution is 2.31. The summed E-state index contributed by atoms with van der Waals surface area (Å²) in [5.74, 6) is 0. The third-order valence-corrected chi connectivity index (χ3v) is 4.14. The number of rotatable bonds is 3. The van der Waals surface area contributed by atoms with Gasteiger partial charge in [-0.3, -0.25) is 4.79 Å². The fraction of sp³-hybridized carbons (Fsp3) is 0.500. The van der Waals surface area contributed by atoms with E-state index in [-0.39, 0.29) is 12.6 Å². The van der Waals surface area contributed by atoms with Crippen molar-refractivity contribution in [2.75, 3.05) is 18.1 Å². The molecule has 1 N–H and O–H groups in total. The molecule has 1 atom stereocenters. The minimum Gasteiger partial charge on any atom is -0.394 e.